The van der Waals surface area contributed by atoms with Gasteiger partial charge in [-0.3, -0.25) is 4.79 Å². The van der Waals surface area contributed by atoms with Gasteiger partial charge in [-0.15, -0.1) is 0 Å². The van der Waals surface area contributed by atoms with Gasteiger partial charge >= 0.3 is 0 Å². The number of benzene rings is 1. The first-order chi connectivity index (χ1) is 17.0. The topological polar surface area (TPSA) is 72.5 Å². The van der Waals surface area contributed by atoms with E-state index in [9.17, 15) is 4.79 Å². The van der Waals surface area contributed by atoms with Crippen molar-refractivity contribution in [2.45, 2.75) is 58.3 Å². The van der Waals surface area contributed by atoms with Crippen LogP contribution in [0.3, 0.4) is 0 Å². The van der Waals surface area contributed by atoms with Crippen LogP contribution in [-0.2, 0) is 25.6 Å². The van der Waals surface area contributed by atoms with Gasteiger partial charge in [0.15, 0.2) is 0 Å². The smallest absolute Gasteiger partial charge is 0.228 e. The van der Waals surface area contributed by atoms with E-state index < -0.39 is 0 Å². The van der Waals surface area contributed by atoms with E-state index in [-0.39, 0.29) is 17.4 Å². The lowest BCUT2D eigenvalue weighted by atomic mass is 9.81. The average Bonchev–Trinajstić information content (AvgIpc) is 2.88. The zero-order chi connectivity index (χ0) is 24.7. The second-order valence-electron chi connectivity index (χ2n) is 10.6. The van der Waals surface area contributed by atoms with Crippen LogP contribution in [0.15, 0.2) is 18.2 Å². The average molecular weight is 490 g/mol. The summed E-state index contributed by atoms with van der Waals surface area (Å²) >= 11 is 0. The molecule has 0 radical (unpaired) electrons. The summed E-state index contributed by atoms with van der Waals surface area (Å²) in [5, 5.41) is 3.64. The van der Waals surface area contributed by atoms with Gasteiger partial charge in [0.05, 0.1) is 38.2 Å². The standard InChI is InChI=1S/C27H43N3O5/c1-27(2,26(31)30-10-14-33-15-11-30)18-22-6-7-23(19-28-22)35-20-21-5-8-25-24(17-21)29(12-16-34-25)9-4-13-32-3/h5,8,17,22-23,28H,4,6-7,9-16,18-20H2,1-3H3/t22-,23+/m0/s1. The predicted octanol–water partition coefficient (Wildman–Crippen LogP) is 2.83. The van der Waals surface area contributed by atoms with Crippen molar-refractivity contribution in [1.82, 2.24) is 10.2 Å². The molecule has 8 nitrogen and oxygen atoms in total. The van der Waals surface area contributed by atoms with E-state index in [2.05, 4.69) is 42.3 Å². The van der Waals surface area contributed by atoms with Gasteiger partial charge in [-0.2, -0.15) is 0 Å². The molecule has 3 aliphatic heterocycles. The highest BCUT2D eigenvalue weighted by atomic mass is 16.5. The van der Waals surface area contributed by atoms with E-state index in [1.807, 2.05) is 4.90 Å². The van der Waals surface area contributed by atoms with Gasteiger partial charge in [0.1, 0.15) is 12.4 Å². The molecule has 4 rings (SSSR count). The van der Waals surface area contributed by atoms with E-state index in [1.54, 1.807) is 7.11 Å². The van der Waals surface area contributed by atoms with Crippen LogP contribution < -0.4 is 15.0 Å². The number of morpholine rings is 1. The summed E-state index contributed by atoms with van der Waals surface area (Å²) in [6.07, 6.45) is 4.07. The number of carbonyl (C=O) groups excluding carboxylic acids is 1. The predicted molar refractivity (Wildman–Crippen MR) is 136 cm³/mol. The van der Waals surface area contributed by atoms with Crippen LogP contribution in [0.5, 0.6) is 5.75 Å². The molecule has 0 aromatic heterocycles. The molecule has 2 fully saturated rings. The van der Waals surface area contributed by atoms with Crippen LogP contribution in [0, 0.1) is 5.41 Å². The zero-order valence-corrected chi connectivity index (χ0v) is 21.7. The van der Waals surface area contributed by atoms with Crippen molar-refractivity contribution in [3.63, 3.8) is 0 Å². The van der Waals surface area contributed by atoms with E-state index in [4.69, 9.17) is 18.9 Å². The quantitative estimate of drug-likeness (QED) is 0.507. The third-order valence-corrected chi connectivity index (χ3v) is 7.35. The first kappa shape index (κ1) is 26.2. The normalized spacial score (nSPS) is 23.1. The fourth-order valence-electron chi connectivity index (χ4n) is 5.36. The van der Waals surface area contributed by atoms with Gasteiger partial charge in [0.2, 0.25) is 5.91 Å². The van der Waals surface area contributed by atoms with Crippen molar-refractivity contribution >= 4 is 11.6 Å². The molecular formula is C27H43N3O5. The lowest BCUT2D eigenvalue weighted by Gasteiger charge is -2.38. The number of nitrogens with zero attached hydrogens (tertiary/aromatic N) is 2. The Hall–Kier alpha value is -1.87. The highest BCUT2D eigenvalue weighted by Crippen LogP contribution is 2.33. The lowest BCUT2D eigenvalue weighted by molar-refractivity contribution is -0.145. The Morgan fingerprint density at radius 3 is 2.74 bits per heavy atom. The van der Waals surface area contributed by atoms with Crippen LogP contribution in [0.1, 0.15) is 45.1 Å². The number of nitrogens with one attached hydrogen (secondary N) is 1. The Kier molecular flexibility index (Phi) is 9.27. The van der Waals surface area contributed by atoms with Crippen molar-refractivity contribution in [1.29, 1.82) is 0 Å². The SMILES string of the molecule is COCCCN1CCOc2ccc(CO[C@@H]3CC[C@@H](CC(C)(C)C(=O)N4CCOCC4)NC3)cc21. The molecule has 1 N–H and O–H groups in total. The number of hydrogen-bond acceptors (Lipinski definition) is 7. The van der Waals surface area contributed by atoms with Crippen molar-refractivity contribution in [3.8, 4) is 5.75 Å². The summed E-state index contributed by atoms with van der Waals surface area (Å²) in [5.74, 6) is 1.20. The Bertz CT molecular complexity index is 819. The first-order valence-electron chi connectivity index (χ1n) is 13.2. The zero-order valence-electron chi connectivity index (χ0n) is 21.7. The fourth-order valence-corrected chi connectivity index (χ4v) is 5.36. The molecular weight excluding hydrogens is 446 g/mol. The van der Waals surface area contributed by atoms with Gasteiger partial charge in [0, 0.05) is 51.4 Å². The molecule has 0 saturated carbocycles. The molecule has 2 saturated heterocycles. The number of rotatable bonds is 10. The highest BCUT2D eigenvalue weighted by Gasteiger charge is 2.36. The molecule has 3 aliphatic rings. The summed E-state index contributed by atoms with van der Waals surface area (Å²) in [5.41, 5.74) is 1.95. The Morgan fingerprint density at radius 2 is 2.00 bits per heavy atom. The maximum atomic E-state index is 13.0. The molecule has 0 unspecified atom stereocenters. The van der Waals surface area contributed by atoms with E-state index >= 15 is 0 Å². The minimum absolute atomic E-state index is 0.189. The number of hydrogen-bond donors (Lipinski definition) is 1. The van der Waals surface area contributed by atoms with Gasteiger partial charge in [-0.1, -0.05) is 19.9 Å². The second kappa shape index (κ2) is 12.4. The van der Waals surface area contributed by atoms with E-state index in [1.165, 1.54) is 5.56 Å². The van der Waals surface area contributed by atoms with Crippen LogP contribution in [0.2, 0.25) is 0 Å². The van der Waals surface area contributed by atoms with Gasteiger partial charge < -0.3 is 34.1 Å². The number of amides is 1. The van der Waals surface area contributed by atoms with Gasteiger partial charge in [0.25, 0.3) is 0 Å². The summed E-state index contributed by atoms with van der Waals surface area (Å²) in [4.78, 5) is 17.4. The molecule has 8 heteroatoms. The number of ether oxygens (including phenoxy) is 4. The third kappa shape index (κ3) is 7.09. The first-order valence-corrected chi connectivity index (χ1v) is 13.2. The minimum Gasteiger partial charge on any atom is -0.490 e. The third-order valence-electron chi connectivity index (χ3n) is 7.35. The Balaban J connectivity index is 1.23. The molecule has 0 spiro atoms. The molecule has 35 heavy (non-hydrogen) atoms. The number of anilines is 1. The van der Waals surface area contributed by atoms with Crippen LogP contribution >= 0.6 is 0 Å². The monoisotopic (exact) mass is 489 g/mol. The minimum atomic E-state index is -0.372. The highest BCUT2D eigenvalue weighted by molar-refractivity contribution is 5.82. The van der Waals surface area contributed by atoms with Gasteiger partial charge in [-0.25, -0.2) is 0 Å². The molecule has 0 bridgehead atoms. The van der Waals surface area contributed by atoms with Gasteiger partial charge in [-0.05, 0) is 43.4 Å². The Labute approximate surface area is 210 Å². The van der Waals surface area contributed by atoms with Crippen molar-refractivity contribution < 1.29 is 23.7 Å². The fraction of sp³-hybridized carbons (Fsp3) is 0.741. The molecule has 0 aliphatic carbocycles. The molecule has 3 heterocycles. The van der Waals surface area contributed by atoms with Crippen LogP contribution in [-0.4, -0.2) is 89.2 Å². The number of methoxy groups -OCH3 is 1. The molecule has 2 atom stereocenters. The second-order valence-corrected chi connectivity index (χ2v) is 10.6. The van der Waals surface area contributed by atoms with Crippen LogP contribution in [0.4, 0.5) is 5.69 Å². The number of fused-ring (bicyclic) bond motifs is 1. The number of carbonyl (C=O) groups is 1. The molecule has 1 aromatic rings. The summed E-state index contributed by atoms with van der Waals surface area (Å²) in [6, 6.07) is 6.73. The van der Waals surface area contributed by atoms with E-state index in [0.29, 0.717) is 39.0 Å². The molecule has 1 amide bonds. The van der Waals surface area contributed by atoms with Crippen molar-refractivity contribution in [2.75, 3.05) is 71.2 Å². The largest absolute Gasteiger partial charge is 0.490 e. The summed E-state index contributed by atoms with van der Waals surface area (Å²) in [6.45, 7) is 11.6. The Morgan fingerprint density at radius 1 is 1.17 bits per heavy atom. The van der Waals surface area contributed by atoms with E-state index in [0.717, 1.165) is 70.0 Å². The summed E-state index contributed by atoms with van der Waals surface area (Å²) < 4.78 is 22.8. The maximum absolute atomic E-state index is 13.0. The lowest BCUT2D eigenvalue weighted by Crippen LogP contribution is -2.50. The number of piperidine rings is 1. The molecule has 196 valence electrons. The van der Waals surface area contributed by atoms with Crippen molar-refractivity contribution in [3.05, 3.63) is 23.8 Å². The van der Waals surface area contributed by atoms with Crippen molar-refractivity contribution in [2.24, 2.45) is 5.41 Å². The van der Waals surface area contributed by atoms with Crippen LogP contribution in [0.25, 0.3) is 0 Å². The molecule has 1 aromatic carbocycles. The maximum Gasteiger partial charge on any atom is 0.228 e. The summed E-state index contributed by atoms with van der Waals surface area (Å²) in [7, 11) is 1.75.